The van der Waals surface area contributed by atoms with Crippen molar-refractivity contribution in [2.24, 2.45) is 5.92 Å². The first-order chi connectivity index (χ1) is 14.1. The van der Waals surface area contributed by atoms with Crippen molar-refractivity contribution in [3.63, 3.8) is 0 Å². The minimum Gasteiger partial charge on any atom is -0.354 e. The average Bonchev–Trinajstić information content (AvgIpc) is 2.74. The highest BCUT2D eigenvalue weighted by atomic mass is 79.9. The number of piperidine rings is 1. The van der Waals surface area contributed by atoms with Crippen molar-refractivity contribution in [1.29, 1.82) is 0 Å². The van der Waals surface area contributed by atoms with Crippen LogP contribution in [0.3, 0.4) is 0 Å². The summed E-state index contributed by atoms with van der Waals surface area (Å²) in [6.45, 7) is 3.61. The fourth-order valence-corrected chi connectivity index (χ4v) is 3.98. The molecule has 0 spiro atoms. The number of aryl methyl sites for hydroxylation is 1. The van der Waals surface area contributed by atoms with E-state index in [-0.39, 0.29) is 11.8 Å². The van der Waals surface area contributed by atoms with Crippen LogP contribution in [0.4, 0.5) is 11.5 Å². The van der Waals surface area contributed by atoms with E-state index < -0.39 is 0 Å². The Morgan fingerprint density at radius 3 is 2.66 bits per heavy atom. The molecule has 148 valence electrons. The lowest BCUT2D eigenvalue weighted by Gasteiger charge is -2.32. The van der Waals surface area contributed by atoms with Gasteiger partial charge in [-0.15, -0.1) is 10.2 Å². The van der Waals surface area contributed by atoms with E-state index in [1.165, 1.54) is 5.56 Å². The molecule has 3 aromatic rings. The highest BCUT2D eigenvalue weighted by Gasteiger charge is 2.27. The molecule has 1 aromatic heterocycles. The minimum atomic E-state index is -0.0682. The summed E-state index contributed by atoms with van der Waals surface area (Å²) in [5.74, 6) is 0.805. The Hall–Kier alpha value is -2.73. The normalized spacial score (nSPS) is 16.5. The zero-order valence-corrected chi connectivity index (χ0v) is 17.9. The number of amides is 1. The van der Waals surface area contributed by atoms with Gasteiger partial charge in [0.2, 0.25) is 5.91 Å². The van der Waals surface area contributed by atoms with Gasteiger partial charge in [0.25, 0.3) is 0 Å². The van der Waals surface area contributed by atoms with Gasteiger partial charge in [-0.25, -0.2) is 0 Å². The van der Waals surface area contributed by atoms with Gasteiger partial charge in [0, 0.05) is 28.8 Å². The molecule has 1 amide bonds. The molecule has 0 radical (unpaired) electrons. The Labute approximate surface area is 179 Å². The highest BCUT2D eigenvalue weighted by molar-refractivity contribution is 9.10. The molecular formula is C23H23BrN4O. The fraction of sp³-hybridized carbons (Fsp3) is 0.261. The summed E-state index contributed by atoms with van der Waals surface area (Å²) in [7, 11) is 0. The lowest BCUT2D eigenvalue weighted by molar-refractivity contribution is -0.120. The third kappa shape index (κ3) is 4.82. The van der Waals surface area contributed by atoms with Crippen LogP contribution in [-0.4, -0.2) is 29.2 Å². The zero-order chi connectivity index (χ0) is 20.2. The van der Waals surface area contributed by atoms with Gasteiger partial charge in [-0.05, 0) is 50.1 Å². The minimum absolute atomic E-state index is 0.0528. The molecule has 1 fully saturated rings. The zero-order valence-electron chi connectivity index (χ0n) is 16.3. The van der Waals surface area contributed by atoms with Crippen LogP contribution in [0.15, 0.2) is 65.1 Å². The number of carbonyl (C=O) groups excluding carboxylic acids is 1. The summed E-state index contributed by atoms with van der Waals surface area (Å²) in [5.41, 5.74) is 3.94. The van der Waals surface area contributed by atoms with E-state index in [0.29, 0.717) is 6.54 Å². The Bertz CT molecular complexity index is 989. The van der Waals surface area contributed by atoms with Crippen molar-refractivity contribution in [1.82, 2.24) is 10.2 Å². The number of nitrogens with one attached hydrogen (secondary N) is 1. The Morgan fingerprint density at radius 1 is 1.10 bits per heavy atom. The van der Waals surface area contributed by atoms with Crippen LogP contribution in [0, 0.1) is 12.8 Å². The summed E-state index contributed by atoms with van der Waals surface area (Å²) in [6, 6.07) is 19.9. The SMILES string of the molecule is Cc1ccc(-c2ccc(N3CCC[C@H](C(=O)Nc4cccc(Br)c4)C3)nn2)cc1. The van der Waals surface area contributed by atoms with Crippen LogP contribution in [0.1, 0.15) is 18.4 Å². The summed E-state index contributed by atoms with van der Waals surface area (Å²) in [5, 5.41) is 11.9. The second-order valence-corrected chi connectivity index (χ2v) is 8.34. The van der Waals surface area contributed by atoms with Crippen molar-refractivity contribution in [3.8, 4) is 11.3 Å². The first kappa shape index (κ1) is 19.6. The monoisotopic (exact) mass is 450 g/mol. The lowest BCUT2D eigenvalue weighted by Crippen LogP contribution is -2.41. The van der Waals surface area contributed by atoms with Crippen LogP contribution >= 0.6 is 15.9 Å². The number of aromatic nitrogens is 2. The van der Waals surface area contributed by atoms with E-state index in [2.05, 4.69) is 67.5 Å². The third-order valence-electron chi connectivity index (χ3n) is 5.21. The third-order valence-corrected chi connectivity index (χ3v) is 5.70. The lowest BCUT2D eigenvalue weighted by atomic mass is 9.97. The number of hydrogen-bond donors (Lipinski definition) is 1. The summed E-state index contributed by atoms with van der Waals surface area (Å²) >= 11 is 3.44. The number of nitrogens with zero attached hydrogens (tertiary/aromatic N) is 3. The molecule has 1 N–H and O–H groups in total. The number of rotatable bonds is 4. The number of hydrogen-bond acceptors (Lipinski definition) is 4. The topological polar surface area (TPSA) is 58.1 Å². The Balaban J connectivity index is 1.42. The van der Waals surface area contributed by atoms with E-state index >= 15 is 0 Å². The number of anilines is 2. The van der Waals surface area contributed by atoms with Crippen LogP contribution in [0.25, 0.3) is 11.3 Å². The molecule has 1 atom stereocenters. The molecular weight excluding hydrogens is 428 g/mol. The maximum atomic E-state index is 12.7. The van der Waals surface area contributed by atoms with E-state index in [0.717, 1.165) is 46.6 Å². The van der Waals surface area contributed by atoms with E-state index in [4.69, 9.17) is 0 Å². The quantitative estimate of drug-likeness (QED) is 0.602. The molecule has 4 rings (SSSR count). The summed E-state index contributed by atoms with van der Waals surface area (Å²) < 4.78 is 0.949. The molecule has 0 saturated carbocycles. The molecule has 0 aliphatic carbocycles. The predicted molar refractivity (Wildman–Crippen MR) is 120 cm³/mol. The van der Waals surface area contributed by atoms with E-state index in [1.54, 1.807) is 0 Å². The van der Waals surface area contributed by atoms with E-state index in [1.807, 2.05) is 36.4 Å². The summed E-state index contributed by atoms with van der Waals surface area (Å²) in [6.07, 6.45) is 1.84. The van der Waals surface area contributed by atoms with Gasteiger partial charge < -0.3 is 10.2 Å². The number of carbonyl (C=O) groups is 1. The van der Waals surface area contributed by atoms with Gasteiger partial charge in [0.15, 0.2) is 5.82 Å². The predicted octanol–water partition coefficient (Wildman–Crippen LogP) is 5.07. The van der Waals surface area contributed by atoms with Crippen LogP contribution in [0.2, 0.25) is 0 Å². The molecule has 5 nitrogen and oxygen atoms in total. The molecule has 0 bridgehead atoms. The van der Waals surface area contributed by atoms with E-state index in [9.17, 15) is 4.79 Å². The maximum absolute atomic E-state index is 12.7. The molecule has 1 saturated heterocycles. The molecule has 1 aliphatic rings. The average molecular weight is 451 g/mol. The number of halogens is 1. The maximum Gasteiger partial charge on any atom is 0.229 e. The molecule has 2 heterocycles. The molecule has 0 unspecified atom stereocenters. The smallest absolute Gasteiger partial charge is 0.229 e. The van der Waals surface area contributed by atoms with Crippen molar-refractivity contribution in [3.05, 3.63) is 70.7 Å². The van der Waals surface area contributed by atoms with Crippen LogP contribution in [-0.2, 0) is 4.79 Å². The van der Waals surface area contributed by atoms with Crippen molar-refractivity contribution in [2.75, 3.05) is 23.3 Å². The molecule has 6 heteroatoms. The molecule has 2 aromatic carbocycles. The summed E-state index contributed by atoms with van der Waals surface area (Å²) in [4.78, 5) is 14.9. The van der Waals surface area contributed by atoms with Gasteiger partial charge in [-0.2, -0.15) is 0 Å². The van der Waals surface area contributed by atoms with Crippen molar-refractivity contribution < 1.29 is 4.79 Å². The fourth-order valence-electron chi connectivity index (χ4n) is 3.58. The van der Waals surface area contributed by atoms with Crippen LogP contribution < -0.4 is 10.2 Å². The molecule has 29 heavy (non-hydrogen) atoms. The molecule has 1 aliphatic heterocycles. The Morgan fingerprint density at radius 2 is 1.93 bits per heavy atom. The Kier molecular flexibility index (Phi) is 5.90. The van der Waals surface area contributed by atoms with Crippen molar-refractivity contribution >= 4 is 33.3 Å². The number of benzene rings is 2. The second kappa shape index (κ2) is 8.74. The highest BCUT2D eigenvalue weighted by Crippen LogP contribution is 2.25. The second-order valence-electron chi connectivity index (χ2n) is 7.43. The van der Waals surface area contributed by atoms with Gasteiger partial charge in [0.05, 0.1) is 11.6 Å². The first-order valence-corrected chi connectivity index (χ1v) is 10.6. The van der Waals surface area contributed by atoms with Gasteiger partial charge >= 0.3 is 0 Å². The van der Waals surface area contributed by atoms with Gasteiger partial charge in [-0.1, -0.05) is 51.8 Å². The van der Waals surface area contributed by atoms with Crippen molar-refractivity contribution in [2.45, 2.75) is 19.8 Å². The van der Waals surface area contributed by atoms with Gasteiger partial charge in [-0.3, -0.25) is 4.79 Å². The first-order valence-electron chi connectivity index (χ1n) is 9.80. The van der Waals surface area contributed by atoms with Crippen LogP contribution in [0.5, 0.6) is 0 Å². The van der Waals surface area contributed by atoms with Gasteiger partial charge in [0.1, 0.15) is 0 Å². The standard InChI is InChI=1S/C23H23BrN4O/c1-16-7-9-17(10-8-16)21-11-12-22(27-26-21)28-13-3-4-18(15-28)23(29)25-20-6-2-5-19(24)14-20/h2,5-12,14,18H,3-4,13,15H2,1H3,(H,25,29)/t18-/m0/s1. The largest absolute Gasteiger partial charge is 0.354 e.